The van der Waals surface area contributed by atoms with E-state index >= 15 is 0 Å². The molecule has 1 heterocycles. The molecule has 3 aliphatic carbocycles. The molecule has 62 heavy (non-hydrogen) atoms. The van der Waals surface area contributed by atoms with Crippen LogP contribution in [0.15, 0.2) is 206 Å². The summed E-state index contributed by atoms with van der Waals surface area (Å²) in [4.78, 5) is 2.50. The van der Waals surface area contributed by atoms with Gasteiger partial charge in [0.15, 0.2) is 0 Å². The van der Waals surface area contributed by atoms with E-state index in [9.17, 15) is 0 Å². The van der Waals surface area contributed by atoms with E-state index in [-0.39, 0.29) is 10.8 Å². The second kappa shape index (κ2) is 13.0. The van der Waals surface area contributed by atoms with Gasteiger partial charge in [-0.05, 0) is 140 Å². The zero-order valence-corrected chi connectivity index (χ0v) is 34.9. The SMILES string of the molecule is CC1(C)c2ccccc2-c2ccc(N(c3ccc(-c4ccc5c6ccccc6n(-c6ccccc6)c5c4)cc3)c3ccc4c(c3)C3(Cc5ccccc5C3)c3ccccc3-4)cc21. The third kappa shape index (κ3) is 4.98. The second-order valence-corrected chi connectivity index (χ2v) is 18.2. The number of hydrogen-bond acceptors (Lipinski definition) is 1. The van der Waals surface area contributed by atoms with Crippen molar-refractivity contribution in [1.82, 2.24) is 4.57 Å². The molecule has 3 aliphatic rings. The normalized spacial score (nSPS) is 14.7. The van der Waals surface area contributed by atoms with Crippen LogP contribution < -0.4 is 4.90 Å². The van der Waals surface area contributed by atoms with Gasteiger partial charge in [0.1, 0.15) is 0 Å². The van der Waals surface area contributed by atoms with Gasteiger partial charge < -0.3 is 9.47 Å². The van der Waals surface area contributed by atoms with Crippen molar-refractivity contribution in [3.63, 3.8) is 0 Å². The summed E-state index contributed by atoms with van der Waals surface area (Å²) in [5, 5.41) is 2.53. The number of benzene rings is 9. The highest BCUT2D eigenvalue weighted by Gasteiger charge is 2.47. The molecule has 0 N–H and O–H groups in total. The molecule has 9 aromatic carbocycles. The van der Waals surface area contributed by atoms with Crippen LogP contribution in [0, 0.1) is 0 Å². The first-order valence-electron chi connectivity index (χ1n) is 22.0. The predicted molar refractivity (Wildman–Crippen MR) is 259 cm³/mol. The number of anilines is 3. The first-order valence-corrected chi connectivity index (χ1v) is 22.0. The summed E-state index contributed by atoms with van der Waals surface area (Å²) in [6.07, 6.45) is 2.04. The van der Waals surface area contributed by atoms with Crippen LogP contribution in [0.2, 0.25) is 0 Å². The Kier molecular flexibility index (Phi) is 7.43. The fourth-order valence-electron chi connectivity index (χ4n) is 11.7. The predicted octanol–water partition coefficient (Wildman–Crippen LogP) is 15.3. The highest BCUT2D eigenvalue weighted by atomic mass is 15.1. The topological polar surface area (TPSA) is 8.17 Å². The highest BCUT2D eigenvalue weighted by Crippen LogP contribution is 2.57. The van der Waals surface area contributed by atoms with Crippen LogP contribution in [0.5, 0.6) is 0 Å². The second-order valence-electron chi connectivity index (χ2n) is 18.2. The lowest BCUT2D eigenvalue weighted by Gasteiger charge is -2.31. The third-order valence-corrected chi connectivity index (χ3v) is 14.6. The Bertz CT molecular complexity index is 3410. The fourth-order valence-corrected chi connectivity index (χ4v) is 11.7. The van der Waals surface area contributed by atoms with Gasteiger partial charge in [0.2, 0.25) is 0 Å². The highest BCUT2D eigenvalue weighted by molar-refractivity contribution is 6.10. The molecule has 0 unspecified atom stereocenters. The smallest absolute Gasteiger partial charge is 0.0547 e. The van der Waals surface area contributed by atoms with E-state index in [1.54, 1.807) is 0 Å². The molecule has 0 bridgehead atoms. The number of para-hydroxylation sites is 2. The number of rotatable bonds is 5. The molecule has 13 rings (SSSR count). The summed E-state index contributed by atoms with van der Waals surface area (Å²) in [5.41, 5.74) is 23.3. The molecule has 0 radical (unpaired) electrons. The molecule has 0 saturated heterocycles. The average Bonchev–Trinajstić information content (AvgIpc) is 4.02. The number of nitrogens with zero attached hydrogens (tertiary/aromatic N) is 2. The molecule has 1 spiro atoms. The molecular formula is C60H44N2. The van der Waals surface area contributed by atoms with Crippen LogP contribution in [0.3, 0.4) is 0 Å². The first-order chi connectivity index (χ1) is 30.5. The van der Waals surface area contributed by atoms with E-state index < -0.39 is 0 Å². The van der Waals surface area contributed by atoms with Gasteiger partial charge in [-0.15, -0.1) is 0 Å². The van der Waals surface area contributed by atoms with Crippen molar-refractivity contribution in [2.75, 3.05) is 4.90 Å². The minimum absolute atomic E-state index is 0.0937. The molecule has 0 atom stereocenters. The van der Waals surface area contributed by atoms with Crippen molar-refractivity contribution in [2.24, 2.45) is 0 Å². The summed E-state index contributed by atoms with van der Waals surface area (Å²) < 4.78 is 2.40. The van der Waals surface area contributed by atoms with Crippen LogP contribution in [0.4, 0.5) is 17.1 Å². The molecule has 2 heteroatoms. The Morgan fingerprint density at radius 3 is 1.66 bits per heavy atom. The Labute approximate surface area is 363 Å². The van der Waals surface area contributed by atoms with Gasteiger partial charge in [0.05, 0.1) is 11.0 Å². The van der Waals surface area contributed by atoms with Crippen molar-refractivity contribution in [1.29, 1.82) is 0 Å². The van der Waals surface area contributed by atoms with Gasteiger partial charge in [-0.2, -0.15) is 0 Å². The molecule has 10 aromatic rings. The van der Waals surface area contributed by atoms with Crippen molar-refractivity contribution < 1.29 is 0 Å². The largest absolute Gasteiger partial charge is 0.310 e. The molecule has 1 aromatic heterocycles. The summed E-state index contributed by atoms with van der Waals surface area (Å²) in [5.74, 6) is 0. The lowest BCUT2D eigenvalue weighted by Crippen LogP contribution is -2.26. The van der Waals surface area contributed by atoms with E-state index in [1.165, 1.54) is 106 Å². The number of hydrogen-bond donors (Lipinski definition) is 0. The first kappa shape index (κ1) is 35.3. The van der Waals surface area contributed by atoms with Gasteiger partial charge in [0, 0.05) is 44.4 Å². The maximum absolute atomic E-state index is 2.53. The van der Waals surface area contributed by atoms with E-state index in [2.05, 4.69) is 230 Å². The number of aromatic nitrogens is 1. The van der Waals surface area contributed by atoms with Gasteiger partial charge >= 0.3 is 0 Å². The lowest BCUT2D eigenvalue weighted by atomic mass is 9.75. The summed E-state index contributed by atoms with van der Waals surface area (Å²) in [6, 6.07) is 77.3. The van der Waals surface area contributed by atoms with Crippen molar-refractivity contribution in [3.05, 3.63) is 240 Å². The Morgan fingerprint density at radius 1 is 0.387 bits per heavy atom. The van der Waals surface area contributed by atoms with Crippen molar-refractivity contribution in [3.8, 4) is 39.1 Å². The quantitative estimate of drug-likeness (QED) is 0.169. The molecule has 2 nitrogen and oxygen atoms in total. The molecule has 0 saturated carbocycles. The summed E-state index contributed by atoms with van der Waals surface area (Å²) in [7, 11) is 0. The average molecular weight is 793 g/mol. The standard InChI is InChI=1S/C60H44N2/c1-59(2)53-21-11-8-18-47(53)49-32-29-45(35-55(49)59)61(46-30-33-50-48-19-9-12-22-54(48)60(56(50)36-46)37-41-14-6-7-15-42(41)38-60)44-27-24-39(25-28-44)40-26-31-52-51-20-10-13-23-57(51)62(58(52)34-40)43-16-4-3-5-17-43/h3-36H,37-38H2,1-2H3. The fraction of sp³-hybridized carbons (Fsp3) is 0.100. The lowest BCUT2D eigenvalue weighted by molar-refractivity contribution is 0.563. The van der Waals surface area contributed by atoms with Crippen LogP contribution >= 0.6 is 0 Å². The summed E-state index contributed by atoms with van der Waals surface area (Å²) in [6.45, 7) is 4.76. The Morgan fingerprint density at radius 2 is 0.919 bits per heavy atom. The molecule has 0 amide bonds. The van der Waals surface area contributed by atoms with Crippen LogP contribution in [-0.2, 0) is 23.7 Å². The molecule has 0 fully saturated rings. The van der Waals surface area contributed by atoms with Crippen LogP contribution in [0.1, 0.15) is 47.2 Å². The summed E-state index contributed by atoms with van der Waals surface area (Å²) >= 11 is 0. The van der Waals surface area contributed by atoms with E-state index in [4.69, 9.17) is 0 Å². The van der Waals surface area contributed by atoms with E-state index in [0.29, 0.717) is 0 Å². The van der Waals surface area contributed by atoms with Gasteiger partial charge in [0.25, 0.3) is 0 Å². The molecular weight excluding hydrogens is 749 g/mol. The van der Waals surface area contributed by atoms with Crippen LogP contribution in [-0.4, -0.2) is 4.57 Å². The maximum Gasteiger partial charge on any atom is 0.0547 e. The number of fused-ring (bicyclic) bond motifs is 12. The van der Waals surface area contributed by atoms with Crippen molar-refractivity contribution in [2.45, 2.75) is 37.5 Å². The minimum atomic E-state index is -0.114. The zero-order chi connectivity index (χ0) is 41.2. The van der Waals surface area contributed by atoms with Gasteiger partial charge in [-0.25, -0.2) is 0 Å². The maximum atomic E-state index is 2.53. The minimum Gasteiger partial charge on any atom is -0.310 e. The molecule has 0 aliphatic heterocycles. The van der Waals surface area contributed by atoms with Gasteiger partial charge in [-0.3, -0.25) is 0 Å². The Balaban J connectivity index is 0.966. The molecule has 294 valence electrons. The third-order valence-electron chi connectivity index (χ3n) is 14.6. The monoisotopic (exact) mass is 792 g/mol. The zero-order valence-electron chi connectivity index (χ0n) is 34.9. The van der Waals surface area contributed by atoms with E-state index in [1.807, 2.05) is 0 Å². The van der Waals surface area contributed by atoms with Gasteiger partial charge in [-0.1, -0.05) is 159 Å². The Hall–Kier alpha value is -7.42. The van der Waals surface area contributed by atoms with Crippen molar-refractivity contribution >= 4 is 38.9 Å². The van der Waals surface area contributed by atoms with E-state index in [0.717, 1.165) is 18.5 Å². The van der Waals surface area contributed by atoms with Crippen LogP contribution in [0.25, 0.3) is 60.9 Å².